The summed E-state index contributed by atoms with van der Waals surface area (Å²) in [6.45, 7) is 11.3. The number of aromatic nitrogens is 1. The van der Waals surface area contributed by atoms with Crippen LogP contribution >= 0.6 is 0 Å². The van der Waals surface area contributed by atoms with E-state index < -0.39 is 0 Å². The fourth-order valence-corrected chi connectivity index (χ4v) is 1.72. The van der Waals surface area contributed by atoms with Crippen LogP contribution in [-0.2, 0) is 0 Å². The van der Waals surface area contributed by atoms with Crippen LogP contribution in [0.5, 0.6) is 0 Å². The SMILES string of the molecule is C=C(CC)CC(NCC)c1cccc(C)n1. The lowest BCUT2D eigenvalue weighted by Crippen LogP contribution is -2.22. The van der Waals surface area contributed by atoms with Crippen molar-refractivity contribution in [2.75, 3.05) is 6.54 Å². The molecule has 0 radical (unpaired) electrons. The molecule has 0 spiro atoms. The van der Waals surface area contributed by atoms with E-state index >= 15 is 0 Å². The standard InChI is InChI=1S/C14H22N2/c1-5-11(3)10-14(15-6-2)13-9-7-8-12(4)16-13/h7-9,14-15H,3,5-6,10H2,1-2,4H3. The lowest BCUT2D eigenvalue weighted by molar-refractivity contribution is 0.529. The van der Waals surface area contributed by atoms with E-state index in [1.165, 1.54) is 5.57 Å². The maximum atomic E-state index is 4.58. The van der Waals surface area contributed by atoms with Crippen LogP contribution in [0.2, 0.25) is 0 Å². The number of nitrogens with zero attached hydrogens (tertiary/aromatic N) is 1. The van der Waals surface area contributed by atoms with E-state index in [9.17, 15) is 0 Å². The van der Waals surface area contributed by atoms with Crippen LogP contribution in [0.4, 0.5) is 0 Å². The summed E-state index contributed by atoms with van der Waals surface area (Å²) in [6.07, 6.45) is 2.01. The normalized spacial score (nSPS) is 12.4. The summed E-state index contributed by atoms with van der Waals surface area (Å²) in [4.78, 5) is 4.58. The van der Waals surface area contributed by atoms with E-state index in [0.717, 1.165) is 30.8 Å². The molecule has 0 aromatic carbocycles. The minimum atomic E-state index is 0.303. The Labute approximate surface area is 98.8 Å². The molecule has 1 aromatic rings. The zero-order valence-electron chi connectivity index (χ0n) is 10.6. The number of aryl methyl sites for hydroxylation is 1. The first-order chi connectivity index (χ1) is 7.67. The highest BCUT2D eigenvalue weighted by molar-refractivity contribution is 5.15. The zero-order valence-corrected chi connectivity index (χ0v) is 10.6. The van der Waals surface area contributed by atoms with E-state index in [1.807, 2.05) is 13.0 Å². The summed E-state index contributed by atoms with van der Waals surface area (Å²) in [5, 5.41) is 3.47. The van der Waals surface area contributed by atoms with Gasteiger partial charge in [0.1, 0.15) is 0 Å². The van der Waals surface area contributed by atoms with E-state index in [-0.39, 0.29) is 0 Å². The topological polar surface area (TPSA) is 24.9 Å². The number of hydrogen-bond donors (Lipinski definition) is 1. The highest BCUT2D eigenvalue weighted by atomic mass is 14.9. The molecular formula is C14H22N2. The first kappa shape index (κ1) is 12.9. The highest BCUT2D eigenvalue weighted by Gasteiger charge is 2.12. The van der Waals surface area contributed by atoms with E-state index in [4.69, 9.17) is 0 Å². The summed E-state index contributed by atoms with van der Waals surface area (Å²) in [7, 11) is 0. The van der Waals surface area contributed by atoms with Crippen LogP contribution < -0.4 is 5.32 Å². The van der Waals surface area contributed by atoms with E-state index in [1.54, 1.807) is 0 Å². The number of hydrogen-bond acceptors (Lipinski definition) is 2. The van der Waals surface area contributed by atoms with Gasteiger partial charge in [-0.25, -0.2) is 0 Å². The molecule has 1 rings (SSSR count). The lowest BCUT2D eigenvalue weighted by atomic mass is 10.0. The van der Waals surface area contributed by atoms with Gasteiger partial charge in [-0.15, -0.1) is 0 Å². The fraction of sp³-hybridized carbons (Fsp3) is 0.500. The van der Waals surface area contributed by atoms with Gasteiger partial charge in [0.15, 0.2) is 0 Å². The minimum absolute atomic E-state index is 0.303. The molecule has 1 heterocycles. The number of rotatable bonds is 6. The zero-order chi connectivity index (χ0) is 12.0. The van der Waals surface area contributed by atoms with Gasteiger partial charge in [-0.3, -0.25) is 4.98 Å². The average molecular weight is 218 g/mol. The van der Waals surface area contributed by atoms with Gasteiger partial charge in [0.05, 0.1) is 11.7 Å². The molecule has 16 heavy (non-hydrogen) atoms. The van der Waals surface area contributed by atoms with Crippen LogP contribution in [0, 0.1) is 6.92 Å². The summed E-state index contributed by atoms with van der Waals surface area (Å²) in [6, 6.07) is 6.48. The first-order valence-electron chi connectivity index (χ1n) is 6.01. The second-order valence-electron chi connectivity index (χ2n) is 4.12. The molecule has 1 atom stereocenters. The molecule has 0 bridgehead atoms. The maximum absolute atomic E-state index is 4.58. The predicted molar refractivity (Wildman–Crippen MR) is 69.4 cm³/mol. The van der Waals surface area contributed by atoms with Crippen molar-refractivity contribution in [2.24, 2.45) is 0 Å². The van der Waals surface area contributed by atoms with Gasteiger partial charge in [0.25, 0.3) is 0 Å². The monoisotopic (exact) mass is 218 g/mol. The van der Waals surface area contributed by atoms with Gasteiger partial charge in [0.2, 0.25) is 0 Å². The highest BCUT2D eigenvalue weighted by Crippen LogP contribution is 2.20. The molecule has 1 unspecified atom stereocenters. The molecular weight excluding hydrogens is 196 g/mol. The van der Waals surface area contributed by atoms with Gasteiger partial charge in [-0.1, -0.05) is 32.1 Å². The van der Waals surface area contributed by atoms with Crippen LogP contribution in [0.1, 0.15) is 44.1 Å². The Balaban J connectivity index is 2.80. The maximum Gasteiger partial charge on any atom is 0.0579 e. The molecule has 0 aliphatic carbocycles. The average Bonchev–Trinajstić information content (AvgIpc) is 2.28. The smallest absolute Gasteiger partial charge is 0.0579 e. The van der Waals surface area contributed by atoms with E-state index in [2.05, 4.69) is 42.9 Å². The van der Waals surface area contributed by atoms with Crippen molar-refractivity contribution in [3.63, 3.8) is 0 Å². The van der Waals surface area contributed by atoms with Crippen molar-refractivity contribution in [3.05, 3.63) is 41.7 Å². The van der Waals surface area contributed by atoms with Crippen molar-refractivity contribution < 1.29 is 0 Å². The van der Waals surface area contributed by atoms with Crippen LogP contribution in [0.15, 0.2) is 30.4 Å². The van der Waals surface area contributed by atoms with Gasteiger partial charge in [0, 0.05) is 5.69 Å². The van der Waals surface area contributed by atoms with Crippen molar-refractivity contribution in [1.82, 2.24) is 10.3 Å². The van der Waals surface area contributed by atoms with Crippen LogP contribution in [0.25, 0.3) is 0 Å². The van der Waals surface area contributed by atoms with Crippen molar-refractivity contribution in [1.29, 1.82) is 0 Å². The molecule has 2 nitrogen and oxygen atoms in total. The third kappa shape index (κ3) is 3.78. The Bertz CT molecular complexity index is 344. The second kappa shape index (κ2) is 6.44. The largest absolute Gasteiger partial charge is 0.309 e. The molecule has 1 aromatic heterocycles. The quantitative estimate of drug-likeness (QED) is 0.740. The molecule has 0 aliphatic heterocycles. The molecule has 88 valence electrons. The van der Waals surface area contributed by atoms with Gasteiger partial charge in [-0.05, 0) is 38.4 Å². The van der Waals surface area contributed by atoms with Gasteiger partial charge < -0.3 is 5.32 Å². The summed E-state index contributed by atoms with van der Waals surface area (Å²) >= 11 is 0. The molecule has 0 fully saturated rings. The van der Waals surface area contributed by atoms with E-state index in [0.29, 0.717) is 6.04 Å². The molecule has 0 aliphatic rings. The minimum Gasteiger partial charge on any atom is -0.309 e. The Morgan fingerprint density at radius 2 is 2.19 bits per heavy atom. The third-order valence-electron chi connectivity index (χ3n) is 2.71. The van der Waals surface area contributed by atoms with Crippen LogP contribution in [-0.4, -0.2) is 11.5 Å². The Morgan fingerprint density at radius 3 is 2.75 bits per heavy atom. The summed E-state index contributed by atoms with van der Waals surface area (Å²) in [5.74, 6) is 0. The summed E-state index contributed by atoms with van der Waals surface area (Å²) in [5.41, 5.74) is 3.47. The predicted octanol–water partition coefficient (Wildman–Crippen LogP) is 3.40. The van der Waals surface area contributed by atoms with Gasteiger partial charge in [-0.2, -0.15) is 0 Å². The van der Waals surface area contributed by atoms with Crippen molar-refractivity contribution in [2.45, 2.75) is 39.7 Å². The molecule has 1 N–H and O–H groups in total. The second-order valence-corrected chi connectivity index (χ2v) is 4.12. The lowest BCUT2D eigenvalue weighted by Gasteiger charge is -2.18. The molecule has 0 amide bonds. The van der Waals surface area contributed by atoms with Gasteiger partial charge >= 0.3 is 0 Å². The van der Waals surface area contributed by atoms with Crippen molar-refractivity contribution >= 4 is 0 Å². The third-order valence-corrected chi connectivity index (χ3v) is 2.71. The Kier molecular flexibility index (Phi) is 5.20. The molecule has 2 heteroatoms. The van der Waals surface area contributed by atoms with Crippen molar-refractivity contribution in [3.8, 4) is 0 Å². The molecule has 0 saturated carbocycles. The Morgan fingerprint density at radius 1 is 1.44 bits per heavy atom. The number of nitrogens with one attached hydrogen (secondary N) is 1. The summed E-state index contributed by atoms with van der Waals surface area (Å²) < 4.78 is 0. The molecule has 0 saturated heterocycles. The fourth-order valence-electron chi connectivity index (χ4n) is 1.72. The van der Waals surface area contributed by atoms with Crippen LogP contribution in [0.3, 0.4) is 0 Å². The Hall–Kier alpha value is -1.15. The number of pyridine rings is 1. The first-order valence-corrected chi connectivity index (χ1v) is 6.01.